The first-order valence-corrected chi connectivity index (χ1v) is 6.48. The second kappa shape index (κ2) is 4.44. The highest BCUT2D eigenvalue weighted by Gasteiger charge is 2.63. The molecular weight excluding hydrogens is 279 g/mol. The molecule has 1 aromatic rings. The standard InChI is InChI=1S/C10H13FN2O5S/c1-5-2-13(8(16)12-7(5)15)10(18)6(3-14)19-4-9(10,11)17/h2,6,14,17-18H,3-4H2,1H3,(H,12,15,16)/t6-,9+,10-/m0/s1. The van der Waals surface area contributed by atoms with Gasteiger partial charge < -0.3 is 15.3 Å². The number of H-pyrrole nitrogens is 1. The number of hydrogen-bond acceptors (Lipinski definition) is 6. The van der Waals surface area contributed by atoms with Gasteiger partial charge in [-0.1, -0.05) is 0 Å². The quantitative estimate of drug-likeness (QED) is 0.514. The average molecular weight is 292 g/mol. The van der Waals surface area contributed by atoms with Crippen LogP contribution >= 0.6 is 11.8 Å². The second-order valence-electron chi connectivity index (χ2n) is 4.41. The molecule has 7 nitrogen and oxygen atoms in total. The third-order valence-electron chi connectivity index (χ3n) is 3.14. The Labute approximate surface area is 110 Å². The molecule has 3 atom stereocenters. The average Bonchev–Trinajstić information content (AvgIpc) is 2.56. The van der Waals surface area contributed by atoms with E-state index >= 15 is 0 Å². The number of aromatic amines is 1. The van der Waals surface area contributed by atoms with E-state index in [1.807, 2.05) is 4.98 Å². The highest BCUT2D eigenvalue weighted by atomic mass is 32.2. The Kier molecular flexibility index (Phi) is 3.33. The molecule has 0 amide bonds. The van der Waals surface area contributed by atoms with Crippen molar-refractivity contribution in [2.45, 2.75) is 23.8 Å². The van der Waals surface area contributed by atoms with Crippen LogP contribution in [0.25, 0.3) is 0 Å². The fraction of sp³-hybridized carbons (Fsp3) is 0.600. The summed E-state index contributed by atoms with van der Waals surface area (Å²) in [6.07, 6.45) is 0.959. The van der Waals surface area contributed by atoms with Crippen LogP contribution in [0.4, 0.5) is 4.39 Å². The number of rotatable bonds is 2. The van der Waals surface area contributed by atoms with Crippen molar-refractivity contribution < 1.29 is 19.7 Å². The Bertz CT molecular complexity index is 613. The summed E-state index contributed by atoms with van der Waals surface area (Å²) in [7, 11) is 0. The van der Waals surface area contributed by atoms with Crippen LogP contribution in [-0.4, -0.2) is 48.3 Å². The van der Waals surface area contributed by atoms with Gasteiger partial charge in [-0.3, -0.25) is 14.3 Å². The summed E-state index contributed by atoms with van der Waals surface area (Å²) in [4.78, 5) is 24.9. The van der Waals surface area contributed by atoms with Gasteiger partial charge in [0.15, 0.2) is 0 Å². The van der Waals surface area contributed by atoms with E-state index in [0.29, 0.717) is 4.57 Å². The van der Waals surface area contributed by atoms with E-state index in [1.165, 1.54) is 6.92 Å². The lowest BCUT2D eigenvalue weighted by molar-refractivity contribution is -0.253. The maximum Gasteiger partial charge on any atom is 0.330 e. The predicted octanol–water partition coefficient (Wildman–Crippen LogP) is -1.74. The summed E-state index contributed by atoms with van der Waals surface area (Å²) in [5.74, 6) is -3.60. The molecule has 0 unspecified atom stereocenters. The SMILES string of the molecule is Cc1cn([C@]2(O)[C@H](CO)SC[C@]2(O)F)c(=O)[nH]c1=O. The lowest BCUT2D eigenvalue weighted by Gasteiger charge is -2.35. The molecule has 2 heterocycles. The van der Waals surface area contributed by atoms with E-state index in [9.17, 15) is 24.2 Å². The molecule has 2 rings (SSSR count). The van der Waals surface area contributed by atoms with Crippen LogP contribution in [0.1, 0.15) is 5.56 Å². The monoisotopic (exact) mass is 292 g/mol. The zero-order valence-electron chi connectivity index (χ0n) is 9.96. The minimum atomic E-state index is -3.10. The summed E-state index contributed by atoms with van der Waals surface area (Å²) in [5, 5.41) is 28.1. The van der Waals surface area contributed by atoms with Crippen LogP contribution in [0.3, 0.4) is 0 Å². The summed E-state index contributed by atoms with van der Waals surface area (Å²) in [6.45, 7) is 0.726. The number of thioether (sulfide) groups is 1. The maximum atomic E-state index is 14.1. The van der Waals surface area contributed by atoms with E-state index in [-0.39, 0.29) is 5.56 Å². The van der Waals surface area contributed by atoms with Crippen LogP contribution < -0.4 is 11.2 Å². The molecule has 0 saturated carbocycles. The van der Waals surface area contributed by atoms with Gasteiger partial charge in [0.25, 0.3) is 11.4 Å². The molecular formula is C10H13FN2O5S. The molecule has 0 aromatic carbocycles. The van der Waals surface area contributed by atoms with Gasteiger partial charge in [-0.25, -0.2) is 9.18 Å². The van der Waals surface area contributed by atoms with Crippen molar-refractivity contribution in [1.29, 1.82) is 0 Å². The Morgan fingerprint density at radius 1 is 1.58 bits per heavy atom. The second-order valence-corrected chi connectivity index (χ2v) is 5.60. The molecule has 1 fully saturated rings. The number of aliphatic hydroxyl groups excluding tert-OH is 1. The van der Waals surface area contributed by atoms with Crippen molar-refractivity contribution in [2.24, 2.45) is 0 Å². The van der Waals surface area contributed by atoms with Crippen LogP contribution in [0, 0.1) is 6.92 Å². The zero-order valence-corrected chi connectivity index (χ0v) is 10.8. The summed E-state index contributed by atoms with van der Waals surface area (Å²) < 4.78 is 14.6. The van der Waals surface area contributed by atoms with Crippen molar-refractivity contribution in [3.8, 4) is 0 Å². The van der Waals surface area contributed by atoms with Gasteiger partial charge in [0.05, 0.1) is 17.6 Å². The predicted molar refractivity (Wildman–Crippen MR) is 65.6 cm³/mol. The van der Waals surface area contributed by atoms with Crippen molar-refractivity contribution in [2.75, 3.05) is 12.4 Å². The fourth-order valence-corrected chi connectivity index (χ4v) is 3.29. The van der Waals surface area contributed by atoms with Crippen LogP contribution in [-0.2, 0) is 5.72 Å². The molecule has 9 heteroatoms. The zero-order chi connectivity index (χ0) is 14.4. The first-order valence-electron chi connectivity index (χ1n) is 5.43. The topological polar surface area (TPSA) is 116 Å². The van der Waals surface area contributed by atoms with Crippen molar-refractivity contribution in [3.63, 3.8) is 0 Å². The van der Waals surface area contributed by atoms with Crippen LogP contribution in [0.5, 0.6) is 0 Å². The molecule has 106 valence electrons. The number of hydrogen-bond donors (Lipinski definition) is 4. The highest BCUT2D eigenvalue weighted by molar-refractivity contribution is 8.00. The maximum absolute atomic E-state index is 14.1. The van der Waals surface area contributed by atoms with E-state index < -0.39 is 40.4 Å². The third-order valence-corrected chi connectivity index (χ3v) is 4.57. The molecule has 19 heavy (non-hydrogen) atoms. The Hall–Kier alpha value is -1.16. The lowest BCUT2D eigenvalue weighted by Crippen LogP contribution is -2.60. The molecule has 1 saturated heterocycles. The minimum Gasteiger partial charge on any atom is -0.395 e. The van der Waals surface area contributed by atoms with E-state index in [2.05, 4.69) is 0 Å². The van der Waals surface area contributed by atoms with Gasteiger partial charge >= 0.3 is 5.69 Å². The van der Waals surface area contributed by atoms with Crippen molar-refractivity contribution in [3.05, 3.63) is 32.6 Å². The molecule has 0 bridgehead atoms. The summed E-state index contributed by atoms with van der Waals surface area (Å²) >= 11 is 0.793. The van der Waals surface area contributed by atoms with E-state index in [1.54, 1.807) is 0 Å². The van der Waals surface area contributed by atoms with Crippen molar-refractivity contribution in [1.82, 2.24) is 9.55 Å². The molecule has 1 aromatic heterocycles. The molecule has 1 aliphatic rings. The van der Waals surface area contributed by atoms with Crippen LogP contribution in [0.15, 0.2) is 15.8 Å². The molecule has 0 spiro atoms. The number of halogens is 1. The summed E-state index contributed by atoms with van der Waals surface area (Å²) in [5.41, 5.74) is -4.30. The molecule has 0 radical (unpaired) electrons. The van der Waals surface area contributed by atoms with Crippen molar-refractivity contribution >= 4 is 11.8 Å². The van der Waals surface area contributed by atoms with Gasteiger partial charge in [-0.2, -0.15) is 0 Å². The number of aryl methyl sites for hydroxylation is 1. The van der Waals surface area contributed by atoms with Gasteiger partial charge in [-0.05, 0) is 6.92 Å². The molecule has 4 N–H and O–H groups in total. The first kappa shape index (κ1) is 14.3. The normalized spacial score (nSPS) is 34.7. The minimum absolute atomic E-state index is 0.0671. The number of nitrogens with zero attached hydrogens (tertiary/aromatic N) is 1. The Morgan fingerprint density at radius 2 is 2.21 bits per heavy atom. The van der Waals surface area contributed by atoms with E-state index in [0.717, 1.165) is 18.0 Å². The van der Waals surface area contributed by atoms with Gasteiger partial charge in [0.1, 0.15) is 0 Å². The number of alkyl halides is 1. The Balaban J connectivity index is 2.70. The summed E-state index contributed by atoms with van der Waals surface area (Å²) in [6, 6.07) is 0. The highest BCUT2D eigenvalue weighted by Crippen LogP contribution is 2.46. The van der Waals surface area contributed by atoms with Gasteiger partial charge in [0, 0.05) is 11.8 Å². The first-order chi connectivity index (χ1) is 8.74. The molecule has 0 aliphatic carbocycles. The lowest BCUT2D eigenvalue weighted by atomic mass is 10.0. The number of nitrogens with one attached hydrogen (secondary N) is 1. The largest absolute Gasteiger partial charge is 0.395 e. The fourth-order valence-electron chi connectivity index (χ4n) is 2.02. The molecule has 1 aliphatic heterocycles. The third kappa shape index (κ3) is 1.93. The van der Waals surface area contributed by atoms with Gasteiger partial charge in [-0.15, -0.1) is 11.8 Å². The number of aromatic nitrogens is 2. The van der Waals surface area contributed by atoms with Crippen LogP contribution in [0.2, 0.25) is 0 Å². The smallest absolute Gasteiger partial charge is 0.330 e. The van der Waals surface area contributed by atoms with Gasteiger partial charge in [0.2, 0.25) is 5.72 Å². The van der Waals surface area contributed by atoms with E-state index in [4.69, 9.17) is 5.11 Å². The Morgan fingerprint density at radius 3 is 2.79 bits per heavy atom. The number of aliphatic hydroxyl groups is 3.